The summed E-state index contributed by atoms with van der Waals surface area (Å²) in [5.74, 6) is 1.44. The lowest BCUT2D eigenvalue weighted by atomic mass is 9.92. The van der Waals surface area contributed by atoms with E-state index in [1.807, 2.05) is 30.0 Å². The molecule has 1 N–H and O–H groups in total. The quantitative estimate of drug-likeness (QED) is 0.727. The van der Waals surface area contributed by atoms with E-state index in [1.54, 1.807) is 0 Å². The van der Waals surface area contributed by atoms with Crippen LogP contribution in [-0.4, -0.2) is 78.9 Å². The number of nitrogens with one attached hydrogen (secondary N) is 1. The number of nitrogens with zero attached hydrogens (tertiary/aromatic N) is 3. The van der Waals surface area contributed by atoms with E-state index in [-0.39, 0.29) is 11.8 Å². The molecule has 1 aromatic rings. The molecule has 0 bridgehead atoms. The highest BCUT2D eigenvalue weighted by atomic mass is 79.9. The predicted octanol–water partition coefficient (Wildman–Crippen LogP) is 2.82. The Balaban J connectivity index is 1.41. The number of hydrogen-bond acceptors (Lipinski definition) is 4. The predicted molar refractivity (Wildman–Crippen MR) is 120 cm³/mol. The molecule has 29 heavy (non-hydrogen) atoms. The number of aryl methyl sites for hydroxylation is 1. The number of benzene rings is 1. The highest BCUT2D eigenvalue weighted by Crippen LogP contribution is 2.21. The summed E-state index contributed by atoms with van der Waals surface area (Å²) in [5.41, 5.74) is 1.89. The van der Waals surface area contributed by atoms with Gasteiger partial charge in [0.2, 0.25) is 11.8 Å². The molecule has 2 fully saturated rings. The minimum atomic E-state index is 0.0104. The first-order chi connectivity index (χ1) is 13.8. The van der Waals surface area contributed by atoms with Crippen LogP contribution in [0, 0.1) is 18.8 Å². The number of halogens is 1. The SMILES string of the molecule is Cc1cc(Br)ccc1NC(=O)CN1CCN(CC(=O)N2CC(C)CC(C)C2)CC1. The minimum absolute atomic E-state index is 0.0104. The Morgan fingerprint density at radius 1 is 1.03 bits per heavy atom. The highest BCUT2D eigenvalue weighted by molar-refractivity contribution is 9.10. The van der Waals surface area contributed by atoms with E-state index in [9.17, 15) is 9.59 Å². The summed E-state index contributed by atoms with van der Waals surface area (Å²) in [7, 11) is 0. The molecule has 2 amide bonds. The van der Waals surface area contributed by atoms with Crippen molar-refractivity contribution < 1.29 is 9.59 Å². The van der Waals surface area contributed by atoms with Crippen LogP contribution in [0.1, 0.15) is 25.8 Å². The second-order valence-corrected chi connectivity index (χ2v) is 9.72. The van der Waals surface area contributed by atoms with Crippen molar-refractivity contribution in [3.63, 3.8) is 0 Å². The fraction of sp³-hybridized carbons (Fsp3) is 0.636. The van der Waals surface area contributed by atoms with Gasteiger partial charge in [-0.05, 0) is 48.9 Å². The van der Waals surface area contributed by atoms with Crippen molar-refractivity contribution >= 4 is 33.4 Å². The molecule has 0 saturated carbocycles. The average molecular weight is 465 g/mol. The van der Waals surface area contributed by atoms with Gasteiger partial charge in [0.05, 0.1) is 13.1 Å². The summed E-state index contributed by atoms with van der Waals surface area (Å²) >= 11 is 3.44. The second-order valence-electron chi connectivity index (χ2n) is 8.80. The van der Waals surface area contributed by atoms with Gasteiger partial charge in [-0.2, -0.15) is 0 Å². The number of likely N-dealkylation sites (tertiary alicyclic amines) is 1. The molecule has 0 aliphatic carbocycles. The molecule has 160 valence electrons. The van der Waals surface area contributed by atoms with E-state index < -0.39 is 0 Å². The van der Waals surface area contributed by atoms with Gasteiger partial charge in [-0.3, -0.25) is 19.4 Å². The van der Waals surface area contributed by atoms with Crippen LogP contribution in [0.5, 0.6) is 0 Å². The molecule has 0 aromatic heterocycles. The van der Waals surface area contributed by atoms with E-state index in [0.29, 0.717) is 24.9 Å². The molecule has 7 heteroatoms. The number of carbonyl (C=O) groups is 2. The highest BCUT2D eigenvalue weighted by Gasteiger charge is 2.27. The van der Waals surface area contributed by atoms with Gasteiger partial charge < -0.3 is 10.2 Å². The molecule has 2 saturated heterocycles. The molecule has 2 aliphatic heterocycles. The van der Waals surface area contributed by atoms with Crippen molar-refractivity contribution in [2.45, 2.75) is 27.2 Å². The molecule has 0 spiro atoms. The van der Waals surface area contributed by atoms with E-state index in [2.05, 4.69) is 44.9 Å². The van der Waals surface area contributed by atoms with Crippen molar-refractivity contribution in [3.05, 3.63) is 28.2 Å². The fourth-order valence-corrected chi connectivity index (χ4v) is 4.90. The number of amides is 2. The fourth-order valence-electron chi connectivity index (χ4n) is 4.42. The second kappa shape index (κ2) is 10.0. The lowest BCUT2D eigenvalue weighted by molar-refractivity contribution is -0.135. The number of rotatable bonds is 5. The molecule has 2 unspecified atom stereocenters. The van der Waals surface area contributed by atoms with Crippen LogP contribution in [0.4, 0.5) is 5.69 Å². The lowest BCUT2D eigenvalue weighted by Gasteiger charge is -2.38. The largest absolute Gasteiger partial charge is 0.341 e. The first-order valence-electron chi connectivity index (χ1n) is 10.6. The van der Waals surface area contributed by atoms with E-state index in [1.165, 1.54) is 6.42 Å². The molecular formula is C22H33BrN4O2. The molecule has 2 aliphatic rings. The van der Waals surface area contributed by atoms with Crippen LogP contribution in [-0.2, 0) is 9.59 Å². The maximum Gasteiger partial charge on any atom is 0.238 e. The van der Waals surface area contributed by atoms with Gasteiger partial charge in [0.1, 0.15) is 0 Å². The van der Waals surface area contributed by atoms with Crippen LogP contribution in [0.3, 0.4) is 0 Å². The lowest BCUT2D eigenvalue weighted by Crippen LogP contribution is -2.52. The summed E-state index contributed by atoms with van der Waals surface area (Å²) in [5, 5.41) is 3.00. The van der Waals surface area contributed by atoms with Gasteiger partial charge in [0, 0.05) is 49.4 Å². The number of carbonyl (C=O) groups excluding carboxylic acids is 2. The average Bonchev–Trinajstić information content (AvgIpc) is 2.65. The zero-order valence-corrected chi connectivity index (χ0v) is 19.4. The van der Waals surface area contributed by atoms with Gasteiger partial charge in [-0.25, -0.2) is 0 Å². The molecule has 2 atom stereocenters. The number of piperazine rings is 1. The Hall–Kier alpha value is -1.44. The first kappa shape index (κ1) is 22.2. The van der Waals surface area contributed by atoms with Crippen molar-refractivity contribution in [1.29, 1.82) is 0 Å². The Morgan fingerprint density at radius 2 is 1.62 bits per heavy atom. The number of anilines is 1. The van der Waals surface area contributed by atoms with Crippen LogP contribution < -0.4 is 5.32 Å². The summed E-state index contributed by atoms with van der Waals surface area (Å²) < 4.78 is 1.01. The topological polar surface area (TPSA) is 55.9 Å². The Bertz CT molecular complexity index is 724. The van der Waals surface area contributed by atoms with Crippen LogP contribution in [0.15, 0.2) is 22.7 Å². The number of hydrogen-bond donors (Lipinski definition) is 1. The van der Waals surface area contributed by atoms with Crippen molar-refractivity contribution in [1.82, 2.24) is 14.7 Å². The molecule has 0 radical (unpaired) electrons. The maximum atomic E-state index is 12.7. The van der Waals surface area contributed by atoms with Gasteiger partial charge in [-0.1, -0.05) is 29.8 Å². The summed E-state index contributed by atoms with van der Waals surface area (Å²) in [6.45, 7) is 12.4. The third-order valence-corrected chi connectivity index (χ3v) is 6.37. The van der Waals surface area contributed by atoms with Crippen molar-refractivity contribution in [3.8, 4) is 0 Å². The molecular weight excluding hydrogens is 432 g/mol. The van der Waals surface area contributed by atoms with Gasteiger partial charge in [-0.15, -0.1) is 0 Å². The zero-order valence-electron chi connectivity index (χ0n) is 17.8. The number of piperidine rings is 1. The standard InChI is InChI=1S/C22H33BrN4O2/c1-16-10-17(2)13-27(12-16)22(29)15-26-8-6-25(7-9-26)14-21(28)24-20-5-4-19(23)11-18(20)3/h4-5,11,16-17H,6-10,12-15H2,1-3H3,(H,24,28). The van der Waals surface area contributed by atoms with E-state index >= 15 is 0 Å². The maximum absolute atomic E-state index is 12.7. The Labute approximate surface area is 182 Å². The van der Waals surface area contributed by atoms with Crippen LogP contribution in [0.2, 0.25) is 0 Å². The normalized spacial score (nSPS) is 23.8. The Kier molecular flexibility index (Phi) is 7.71. The molecule has 3 rings (SSSR count). The van der Waals surface area contributed by atoms with Crippen LogP contribution >= 0.6 is 15.9 Å². The monoisotopic (exact) mass is 464 g/mol. The molecule has 2 heterocycles. The summed E-state index contributed by atoms with van der Waals surface area (Å²) in [6.07, 6.45) is 1.21. The third kappa shape index (κ3) is 6.52. The third-order valence-electron chi connectivity index (χ3n) is 5.88. The van der Waals surface area contributed by atoms with E-state index in [0.717, 1.165) is 55.0 Å². The molecule has 6 nitrogen and oxygen atoms in total. The van der Waals surface area contributed by atoms with Gasteiger partial charge in [0.25, 0.3) is 0 Å². The zero-order chi connectivity index (χ0) is 21.0. The van der Waals surface area contributed by atoms with Crippen LogP contribution in [0.25, 0.3) is 0 Å². The Morgan fingerprint density at radius 3 is 2.21 bits per heavy atom. The van der Waals surface area contributed by atoms with E-state index in [4.69, 9.17) is 0 Å². The van der Waals surface area contributed by atoms with Gasteiger partial charge in [0.15, 0.2) is 0 Å². The van der Waals surface area contributed by atoms with Crippen molar-refractivity contribution in [2.24, 2.45) is 11.8 Å². The summed E-state index contributed by atoms with van der Waals surface area (Å²) in [4.78, 5) is 31.5. The summed E-state index contributed by atoms with van der Waals surface area (Å²) in [6, 6.07) is 5.85. The van der Waals surface area contributed by atoms with Gasteiger partial charge >= 0.3 is 0 Å². The minimum Gasteiger partial charge on any atom is -0.341 e. The first-order valence-corrected chi connectivity index (χ1v) is 11.4. The molecule has 1 aromatic carbocycles. The smallest absolute Gasteiger partial charge is 0.238 e. The van der Waals surface area contributed by atoms with Crippen molar-refractivity contribution in [2.75, 3.05) is 57.7 Å².